The molecule has 1 unspecified atom stereocenters. The lowest BCUT2D eigenvalue weighted by molar-refractivity contribution is -0.140. The standard InChI is InChI=1S/C37H40BrN3O4S/c1-27-17-22-34(28(2)23-27)41(46(44,45)33-15-7-4-8-16-33)26-36(42)40(25-30-18-20-31(38)21-19-30)35(24-29-11-5-3-6-12-29)37(43)39-32-13-9-10-14-32/h3-8,11-12,15-23,32,35H,9-10,13-14,24-26H2,1-2H3,(H,39,43). The number of halogens is 1. The second-order valence-corrected chi connectivity index (χ2v) is 14.7. The SMILES string of the molecule is Cc1ccc(N(CC(=O)N(Cc2ccc(Br)cc2)C(Cc2ccccc2)C(=O)NC2CCCC2)S(=O)(=O)c2ccccc2)c(C)c1. The Morgan fingerprint density at radius 2 is 1.48 bits per heavy atom. The Hall–Kier alpha value is -3.95. The summed E-state index contributed by atoms with van der Waals surface area (Å²) in [4.78, 5) is 30.4. The fourth-order valence-electron chi connectivity index (χ4n) is 6.03. The molecule has 1 fully saturated rings. The van der Waals surface area contributed by atoms with E-state index in [4.69, 9.17) is 0 Å². The van der Waals surface area contributed by atoms with Gasteiger partial charge >= 0.3 is 0 Å². The van der Waals surface area contributed by atoms with Crippen molar-refractivity contribution in [2.24, 2.45) is 0 Å². The average Bonchev–Trinajstić information content (AvgIpc) is 3.56. The van der Waals surface area contributed by atoms with Gasteiger partial charge in [-0.3, -0.25) is 13.9 Å². The maximum atomic E-state index is 14.7. The van der Waals surface area contributed by atoms with E-state index >= 15 is 0 Å². The Morgan fingerprint density at radius 3 is 2.11 bits per heavy atom. The molecule has 0 bridgehead atoms. The van der Waals surface area contributed by atoms with Gasteiger partial charge in [0.15, 0.2) is 0 Å². The van der Waals surface area contributed by atoms with Crippen LogP contribution in [-0.4, -0.2) is 43.8 Å². The Balaban J connectivity index is 1.57. The first kappa shape index (κ1) is 33.4. The summed E-state index contributed by atoms with van der Waals surface area (Å²) >= 11 is 3.48. The van der Waals surface area contributed by atoms with Crippen LogP contribution in [0, 0.1) is 13.8 Å². The van der Waals surface area contributed by atoms with Crippen molar-refractivity contribution >= 4 is 43.5 Å². The van der Waals surface area contributed by atoms with E-state index in [9.17, 15) is 18.0 Å². The Labute approximate surface area is 280 Å². The van der Waals surface area contributed by atoms with Crippen molar-refractivity contribution in [1.82, 2.24) is 10.2 Å². The van der Waals surface area contributed by atoms with Gasteiger partial charge in [0, 0.05) is 23.5 Å². The van der Waals surface area contributed by atoms with Crippen LogP contribution in [0.5, 0.6) is 0 Å². The summed E-state index contributed by atoms with van der Waals surface area (Å²) in [5.41, 5.74) is 3.86. The molecule has 0 spiro atoms. The van der Waals surface area contributed by atoms with Gasteiger partial charge in [-0.05, 0) is 73.7 Å². The van der Waals surface area contributed by atoms with Crippen LogP contribution in [0.4, 0.5) is 5.69 Å². The number of sulfonamides is 1. The summed E-state index contributed by atoms with van der Waals surface area (Å²) in [6, 6.07) is 30.0. The van der Waals surface area contributed by atoms with E-state index in [1.165, 1.54) is 16.4 Å². The summed E-state index contributed by atoms with van der Waals surface area (Å²) in [7, 11) is -4.14. The van der Waals surface area contributed by atoms with Gasteiger partial charge in [-0.15, -0.1) is 0 Å². The molecule has 240 valence electrons. The van der Waals surface area contributed by atoms with Crippen LogP contribution in [0.3, 0.4) is 0 Å². The largest absolute Gasteiger partial charge is 0.352 e. The number of nitrogens with one attached hydrogen (secondary N) is 1. The number of hydrogen-bond acceptors (Lipinski definition) is 4. The topological polar surface area (TPSA) is 86.8 Å². The summed E-state index contributed by atoms with van der Waals surface area (Å²) in [5, 5.41) is 3.21. The van der Waals surface area contributed by atoms with E-state index in [-0.39, 0.29) is 29.8 Å². The molecule has 0 radical (unpaired) electrons. The predicted molar refractivity (Wildman–Crippen MR) is 186 cm³/mol. The summed E-state index contributed by atoms with van der Waals surface area (Å²) in [6.07, 6.45) is 4.20. The first-order chi connectivity index (χ1) is 22.1. The highest BCUT2D eigenvalue weighted by atomic mass is 79.9. The van der Waals surface area contributed by atoms with Crippen LogP contribution in [0.1, 0.15) is 47.9 Å². The molecule has 2 amide bonds. The predicted octanol–water partition coefficient (Wildman–Crippen LogP) is 6.96. The fraction of sp³-hybridized carbons (Fsp3) is 0.297. The third-order valence-corrected chi connectivity index (χ3v) is 10.8. The number of nitrogens with zero attached hydrogens (tertiary/aromatic N) is 2. The van der Waals surface area contributed by atoms with Gasteiger partial charge in [-0.1, -0.05) is 107 Å². The first-order valence-electron chi connectivity index (χ1n) is 15.6. The van der Waals surface area contributed by atoms with Crippen molar-refractivity contribution in [2.75, 3.05) is 10.8 Å². The molecule has 9 heteroatoms. The van der Waals surface area contributed by atoms with Crippen LogP contribution >= 0.6 is 15.9 Å². The second-order valence-electron chi connectivity index (χ2n) is 12.0. The molecule has 4 aromatic carbocycles. The zero-order valence-electron chi connectivity index (χ0n) is 26.2. The van der Waals surface area contributed by atoms with Gasteiger partial charge < -0.3 is 10.2 Å². The zero-order chi connectivity index (χ0) is 32.7. The number of amides is 2. The summed E-state index contributed by atoms with van der Waals surface area (Å²) < 4.78 is 30.5. The minimum atomic E-state index is -4.14. The van der Waals surface area contributed by atoms with E-state index < -0.39 is 28.5 Å². The Kier molecular flexibility index (Phi) is 11.0. The minimum absolute atomic E-state index is 0.0561. The molecule has 1 aliphatic rings. The monoisotopic (exact) mass is 701 g/mol. The lowest BCUT2D eigenvalue weighted by Crippen LogP contribution is -2.54. The van der Waals surface area contributed by atoms with Crippen molar-refractivity contribution in [2.45, 2.75) is 69.5 Å². The molecule has 5 rings (SSSR count). The van der Waals surface area contributed by atoms with E-state index in [1.807, 2.05) is 80.6 Å². The highest BCUT2D eigenvalue weighted by molar-refractivity contribution is 9.10. The van der Waals surface area contributed by atoms with Gasteiger partial charge in [0.2, 0.25) is 11.8 Å². The van der Waals surface area contributed by atoms with Crippen molar-refractivity contribution < 1.29 is 18.0 Å². The number of carbonyl (C=O) groups is 2. The zero-order valence-corrected chi connectivity index (χ0v) is 28.6. The Bertz CT molecular complexity index is 1740. The molecule has 1 saturated carbocycles. The molecular formula is C37H40BrN3O4S. The maximum absolute atomic E-state index is 14.7. The van der Waals surface area contributed by atoms with Crippen molar-refractivity contribution in [1.29, 1.82) is 0 Å². The second kappa shape index (κ2) is 15.1. The number of benzene rings is 4. The van der Waals surface area contributed by atoms with Gasteiger partial charge in [0.25, 0.3) is 10.0 Å². The van der Waals surface area contributed by atoms with Crippen LogP contribution in [0.2, 0.25) is 0 Å². The molecule has 1 N–H and O–H groups in total. The molecule has 0 aromatic heterocycles. The van der Waals surface area contributed by atoms with Crippen LogP contribution in [-0.2, 0) is 32.6 Å². The molecule has 0 saturated heterocycles. The number of anilines is 1. The molecule has 1 atom stereocenters. The van der Waals surface area contributed by atoms with Crippen molar-refractivity contribution in [3.05, 3.63) is 130 Å². The maximum Gasteiger partial charge on any atom is 0.264 e. The first-order valence-corrected chi connectivity index (χ1v) is 17.9. The lowest BCUT2D eigenvalue weighted by Gasteiger charge is -2.34. The third kappa shape index (κ3) is 8.25. The molecule has 46 heavy (non-hydrogen) atoms. The normalized spacial score (nSPS) is 14.1. The molecule has 4 aromatic rings. The molecule has 0 aliphatic heterocycles. The fourth-order valence-corrected chi connectivity index (χ4v) is 7.79. The number of carbonyl (C=O) groups excluding carboxylic acids is 2. The van der Waals surface area contributed by atoms with E-state index in [2.05, 4.69) is 21.2 Å². The lowest BCUT2D eigenvalue weighted by atomic mass is 10.0. The summed E-state index contributed by atoms with van der Waals surface area (Å²) in [6.45, 7) is 3.44. The van der Waals surface area contributed by atoms with E-state index in [1.54, 1.807) is 29.2 Å². The number of hydrogen-bond donors (Lipinski definition) is 1. The highest BCUT2D eigenvalue weighted by Crippen LogP contribution is 2.29. The van der Waals surface area contributed by atoms with Crippen LogP contribution < -0.4 is 9.62 Å². The van der Waals surface area contributed by atoms with Gasteiger partial charge in [-0.25, -0.2) is 8.42 Å². The van der Waals surface area contributed by atoms with Gasteiger partial charge in [0.05, 0.1) is 10.6 Å². The number of aryl methyl sites for hydroxylation is 2. The molecule has 7 nitrogen and oxygen atoms in total. The molecule has 0 heterocycles. The minimum Gasteiger partial charge on any atom is -0.352 e. The summed E-state index contributed by atoms with van der Waals surface area (Å²) in [5.74, 6) is -0.699. The van der Waals surface area contributed by atoms with Crippen molar-refractivity contribution in [3.8, 4) is 0 Å². The molecular weight excluding hydrogens is 662 g/mol. The quantitative estimate of drug-likeness (QED) is 0.173. The van der Waals surface area contributed by atoms with E-state index in [0.29, 0.717) is 5.69 Å². The van der Waals surface area contributed by atoms with Crippen LogP contribution in [0.15, 0.2) is 112 Å². The van der Waals surface area contributed by atoms with Crippen molar-refractivity contribution in [3.63, 3.8) is 0 Å². The number of rotatable bonds is 12. The van der Waals surface area contributed by atoms with E-state index in [0.717, 1.165) is 52.4 Å². The van der Waals surface area contributed by atoms with Crippen LogP contribution in [0.25, 0.3) is 0 Å². The average molecular weight is 703 g/mol. The Morgan fingerprint density at radius 1 is 0.848 bits per heavy atom. The van der Waals surface area contributed by atoms with Gasteiger partial charge in [0.1, 0.15) is 12.6 Å². The third-order valence-electron chi connectivity index (χ3n) is 8.47. The molecule has 1 aliphatic carbocycles. The van der Waals surface area contributed by atoms with Gasteiger partial charge in [-0.2, -0.15) is 0 Å². The highest BCUT2D eigenvalue weighted by Gasteiger charge is 2.36. The smallest absolute Gasteiger partial charge is 0.264 e.